The lowest BCUT2D eigenvalue weighted by Crippen LogP contribution is -2.18. The van der Waals surface area contributed by atoms with Crippen molar-refractivity contribution >= 4 is 6.02 Å². The number of aliphatic imine (C=N–C) groups is 1. The summed E-state index contributed by atoms with van der Waals surface area (Å²) in [6.07, 6.45) is 3.86. The van der Waals surface area contributed by atoms with E-state index in [1.165, 1.54) is 6.42 Å². The van der Waals surface area contributed by atoms with Crippen molar-refractivity contribution in [3.63, 3.8) is 0 Å². The van der Waals surface area contributed by atoms with E-state index in [4.69, 9.17) is 10.5 Å². The summed E-state index contributed by atoms with van der Waals surface area (Å²) in [6.45, 7) is 0. The zero-order valence-electron chi connectivity index (χ0n) is 5.21. The van der Waals surface area contributed by atoms with Crippen molar-refractivity contribution in [3.05, 3.63) is 0 Å². The van der Waals surface area contributed by atoms with Crippen molar-refractivity contribution < 1.29 is 4.74 Å². The van der Waals surface area contributed by atoms with Crippen LogP contribution >= 0.6 is 0 Å². The second kappa shape index (κ2) is 1.62. The Bertz CT molecular complexity index is 155. The number of fused-ring (bicyclic) bond motifs is 1. The summed E-state index contributed by atoms with van der Waals surface area (Å²) < 4.78 is 5.21. The molecule has 3 heteroatoms. The van der Waals surface area contributed by atoms with Gasteiger partial charge in [0.05, 0.1) is 6.04 Å². The lowest BCUT2D eigenvalue weighted by molar-refractivity contribution is 0.208. The molecular formula is C6H10N2O. The highest BCUT2D eigenvalue weighted by molar-refractivity contribution is 5.73. The Morgan fingerprint density at radius 3 is 3.22 bits per heavy atom. The average molecular weight is 126 g/mol. The van der Waals surface area contributed by atoms with Gasteiger partial charge in [-0.2, -0.15) is 0 Å². The van der Waals surface area contributed by atoms with Crippen molar-refractivity contribution in [1.82, 2.24) is 0 Å². The van der Waals surface area contributed by atoms with Gasteiger partial charge in [0.1, 0.15) is 6.10 Å². The van der Waals surface area contributed by atoms with E-state index in [1.807, 2.05) is 0 Å². The quantitative estimate of drug-likeness (QED) is 0.506. The number of nitrogens with zero attached hydrogens (tertiary/aromatic N) is 1. The number of ether oxygens (including phenoxy) is 1. The summed E-state index contributed by atoms with van der Waals surface area (Å²) in [4.78, 5) is 4.12. The Hall–Kier alpha value is -0.730. The Morgan fingerprint density at radius 1 is 1.56 bits per heavy atom. The lowest BCUT2D eigenvalue weighted by atomic mass is 10.2. The standard InChI is InChI=1S/C6H10N2O/c7-6-8-4-2-1-3-5(4)9-6/h4-5H,1-3H2,(H2,7,8)/t4-,5+/m1/s1. The second-order valence-electron chi connectivity index (χ2n) is 2.62. The van der Waals surface area contributed by atoms with Crippen LogP contribution < -0.4 is 5.73 Å². The van der Waals surface area contributed by atoms with Crippen LogP contribution in [0.3, 0.4) is 0 Å². The van der Waals surface area contributed by atoms with Crippen molar-refractivity contribution in [1.29, 1.82) is 0 Å². The van der Waals surface area contributed by atoms with Gasteiger partial charge in [0.2, 0.25) is 0 Å². The zero-order chi connectivity index (χ0) is 6.27. The molecule has 1 aliphatic carbocycles. The molecule has 3 nitrogen and oxygen atoms in total. The van der Waals surface area contributed by atoms with E-state index in [0.29, 0.717) is 18.2 Å². The van der Waals surface area contributed by atoms with Gasteiger partial charge in [0.15, 0.2) is 0 Å². The third-order valence-corrected chi connectivity index (χ3v) is 1.98. The summed E-state index contributed by atoms with van der Waals surface area (Å²) in [5, 5.41) is 0. The van der Waals surface area contributed by atoms with E-state index in [9.17, 15) is 0 Å². The lowest BCUT2D eigenvalue weighted by Gasteiger charge is -2.04. The molecule has 0 unspecified atom stereocenters. The van der Waals surface area contributed by atoms with Crippen molar-refractivity contribution in [2.75, 3.05) is 0 Å². The number of hydrogen-bond donors (Lipinski definition) is 1. The molecule has 2 aliphatic rings. The monoisotopic (exact) mass is 126 g/mol. The Morgan fingerprint density at radius 2 is 2.44 bits per heavy atom. The van der Waals surface area contributed by atoms with E-state index in [-0.39, 0.29) is 0 Å². The number of rotatable bonds is 0. The average Bonchev–Trinajstić information content (AvgIpc) is 2.22. The first-order valence-electron chi connectivity index (χ1n) is 3.36. The van der Waals surface area contributed by atoms with Gasteiger partial charge in [-0.05, 0) is 19.3 Å². The smallest absolute Gasteiger partial charge is 0.282 e. The molecule has 2 rings (SSSR count). The van der Waals surface area contributed by atoms with E-state index >= 15 is 0 Å². The molecule has 9 heavy (non-hydrogen) atoms. The maximum atomic E-state index is 5.35. The highest BCUT2D eigenvalue weighted by atomic mass is 16.5. The summed E-state index contributed by atoms with van der Waals surface area (Å²) >= 11 is 0. The minimum absolute atomic E-state index is 0.324. The largest absolute Gasteiger partial charge is 0.460 e. The molecule has 50 valence electrons. The van der Waals surface area contributed by atoms with Crippen molar-refractivity contribution in [3.8, 4) is 0 Å². The maximum Gasteiger partial charge on any atom is 0.282 e. The SMILES string of the molecule is NC1=N[C@@H]2CCC[C@@H]2O1. The van der Waals surface area contributed by atoms with E-state index in [2.05, 4.69) is 4.99 Å². The molecule has 1 aliphatic heterocycles. The first-order chi connectivity index (χ1) is 4.36. The third-order valence-electron chi connectivity index (χ3n) is 1.98. The molecule has 0 aromatic rings. The van der Waals surface area contributed by atoms with Gasteiger partial charge in [-0.1, -0.05) is 0 Å². The van der Waals surface area contributed by atoms with Crippen LogP contribution in [0.2, 0.25) is 0 Å². The Labute approximate surface area is 53.9 Å². The van der Waals surface area contributed by atoms with Crippen LogP contribution in [0.15, 0.2) is 4.99 Å². The third kappa shape index (κ3) is 0.677. The van der Waals surface area contributed by atoms with Gasteiger partial charge in [-0.25, -0.2) is 4.99 Å². The van der Waals surface area contributed by atoms with Crippen LogP contribution in [-0.2, 0) is 4.74 Å². The predicted octanol–water partition coefficient (Wildman–Crippen LogP) is 0.252. The molecule has 1 fully saturated rings. The molecular weight excluding hydrogens is 116 g/mol. The number of nitrogens with two attached hydrogens (primary N) is 1. The van der Waals surface area contributed by atoms with Gasteiger partial charge in [-0.3, -0.25) is 0 Å². The highest BCUT2D eigenvalue weighted by Crippen LogP contribution is 2.28. The molecule has 2 N–H and O–H groups in total. The topological polar surface area (TPSA) is 47.6 Å². The van der Waals surface area contributed by atoms with Gasteiger partial charge < -0.3 is 10.5 Å². The molecule has 0 saturated heterocycles. The van der Waals surface area contributed by atoms with Gasteiger partial charge >= 0.3 is 0 Å². The molecule has 1 heterocycles. The Balaban J connectivity index is 2.13. The minimum atomic E-state index is 0.324. The second-order valence-corrected chi connectivity index (χ2v) is 2.62. The molecule has 0 amide bonds. The summed E-state index contributed by atoms with van der Waals surface area (Å²) in [5.41, 5.74) is 5.35. The minimum Gasteiger partial charge on any atom is -0.460 e. The van der Waals surface area contributed by atoms with Crippen LogP contribution in [0, 0.1) is 0 Å². The molecule has 2 atom stereocenters. The molecule has 0 aromatic heterocycles. The number of amidine groups is 1. The molecule has 0 bridgehead atoms. The van der Waals surface area contributed by atoms with E-state index in [1.54, 1.807) is 0 Å². The van der Waals surface area contributed by atoms with Crippen LogP contribution in [0.25, 0.3) is 0 Å². The number of hydrogen-bond acceptors (Lipinski definition) is 3. The molecule has 0 radical (unpaired) electrons. The maximum absolute atomic E-state index is 5.35. The molecule has 1 saturated carbocycles. The summed E-state index contributed by atoms with van der Waals surface area (Å²) in [5.74, 6) is 0. The predicted molar refractivity (Wildman–Crippen MR) is 34.1 cm³/mol. The molecule has 0 spiro atoms. The molecule has 0 aromatic carbocycles. The summed E-state index contributed by atoms with van der Waals surface area (Å²) in [6, 6.07) is 0.787. The fourth-order valence-electron chi connectivity index (χ4n) is 1.54. The van der Waals surface area contributed by atoms with Gasteiger partial charge in [0.25, 0.3) is 6.02 Å². The first kappa shape index (κ1) is 5.09. The normalized spacial score (nSPS) is 39.8. The van der Waals surface area contributed by atoms with E-state index in [0.717, 1.165) is 12.8 Å². The zero-order valence-corrected chi connectivity index (χ0v) is 5.21. The van der Waals surface area contributed by atoms with Crippen LogP contribution in [-0.4, -0.2) is 18.2 Å². The van der Waals surface area contributed by atoms with Crippen molar-refractivity contribution in [2.24, 2.45) is 10.7 Å². The fraction of sp³-hybridized carbons (Fsp3) is 0.833. The van der Waals surface area contributed by atoms with Crippen molar-refractivity contribution in [2.45, 2.75) is 31.4 Å². The summed E-state index contributed by atoms with van der Waals surface area (Å²) in [7, 11) is 0. The highest BCUT2D eigenvalue weighted by Gasteiger charge is 2.33. The van der Waals surface area contributed by atoms with Crippen LogP contribution in [0.5, 0.6) is 0 Å². The van der Waals surface area contributed by atoms with Gasteiger partial charge in [0, 0.05) is 0 Å². The van der Waals surface area contributed by atoms with Gasteiger partial charge in [-0.15, -0.1) is 0 Å². The van der Waals surface area contributed by atoms with Crippen LogP contribution in [0.1, 0.15) is 19.3 Å². The fourth-order valence-corrected chi connectivity index (χ4v) is 1.54. The van der Waals surface area contributed by atoms with E-state index < -0.39 is 0 Å². The first-order valence-corrected chi connectivity index (χ1v) is 3.36. The Kier molecular flexibility index (Phi) is 0.917. The van der Waals surface area contributed by atoms with Crippen LogP contribution in [0.4, 0.5) is 0 Å².